The van der Waals surface area contributed by atoms with Gasteiger partial charge in [0.15, 0.2) is 0 Å². The van der Waals surface area contributed by atoms with Crippen LogP contribution in [0.2, 0.25) is 0 Å². The molecule has 2 fully saturated rings. The van der Waals surface area contributed by atoms with Gasteiger partial charge >= 0.3 is 0 Å². The number of amides is 2. The van der Waals surface area contributed by atoms with Crippen molar-refractivity contribution in [1.82, 2.24) is 10.2 Å². The van der Waals surface area contributed by atoms with Gasteiger partial charge in [-0.25, -0.2) is 4.39 Å². The quantitative estimate of drug-likeness (QED) is 0.614. The van der Waals surface area contributed by atoms with Crippen LogP contribution in [0.15, 0.2) is 48.5 Å². The Morgan fingerprint density at radius 1 is 1.03 bits per heavy atom. The van der Waals surface area contributed by atoms with E-state index in [2.05, 4.69) is 26.1 Å². The van der Waals surface area contributed by atoms with Crippen molar-refractivity contribution in [2.75, 3.05) is 5.75 Å². The molecule has 2 unspecified atom stereocenters. The number of carbonyl (C=O) groups is 2. The predicted octanol–water partition coefficient (Wildman–Crippen LogP) is 5.83. The molecule has 1 N–H and O–H groups in total. The Hall–Kier alpha value is -2.34. The lowest BCUT2D eigenvalue weighted by atomic mass is 9.86. The fourth-order valence-electron chi connectivity index (χ4n) is 4.68. The van der Waals surface area contributed by atoms with Crippen molar-refractivity contribution >= 4 is 23.6 Å². The van der Waals surface area contributed by atoms with Gasteiger partial charge in [-0.1, -0.05) is 64.3 Å². The number of hydrogen-bond acceptors (Lipinski definition) is 3. The molecule has 0 aromatic heterocycles. The first kappa shape index (κ1) is 23.8. The molecular weight excluding hydrogens is 435 g/mol. The molecule has 4 nitrogen and oxygen atoms in total. The molecule has 0 radical (unpaired) electrons. The van der Waals surface area contributed by atoms with Crippen molar-refractivity contribution in [2.45, 2.75) is 75.7 Å². The van der Waals surface area contributed by atoms with Gasteiger partial charge in [-0.2, -0.15) is 0 Å². The predicted molar refractivity (Wildman–Crippen MR) is 132 cm³/mol. The Labute approximate surface area is 200 Å². The maximum atomic E-state index is 14.0. The summed E-state index contributed by atoms with van der Waals surface area (Å²) in [5, 5.41) is 2.78. The van der Waals surface area contributed by atoms with Gasteiger partial charge in [-0.15, -0.1) is 11.8 Å². The third-order valence-electron chi connectivity index (χ3n) is 6.62. The highest BCUT2D eigenvalue weighted by Crippen LogP contribution is 2.42. The third-order valence-corrected chi connectivity index (χ3v) is 7.94. The number of thioether (sulfide) groups is 1. The van der Waals surface area contributed by atoms with E-state index in [9.17, 15) is 14.0 Å². The standard InChI is InChI=1S/C27H33FN2O2S/c1-27(2,3)20-14-12-18(13-15-20)25(32)30-23(24(31)29-22-10-5-4-6-11-22)17-33-26(30)19-8-7-9-21(28)16-19/h7-9,12-16,22-23,26H,4-6,10-11,17H2,1-3H3,(H,29,31). The Kier molecular flexibility index (Phi) is 7.13. The van der Waals surface area contributed by atoms with Gasteiger partial charge < -0.3 is 10.2 Å². The first-order valence-electron chi connectivity index (χ1n) is 11.8. The Bertz CT molecular complexity index is 996. The van der Waals surface area contributed by atoms with Crippen molar-refractivity contribution < 1.29 is 14.0 Å². The number of hydrogen-bond donors (Lipinski definition) is 1. The zero-order valence-electron chi connectivity index (χ0n) is 19.6. The molecule has 6 heteroatoms. The van der Waals surface area contributed by atoms with E-state index in [1.54, 1.807) is 11.0 Å². The van der Waals surface area contributed by atoms with Crippen LogP contribution in [0.1, 0.15) is 79.7 Å². The minimum Gasteiger partial charge on any atom is -0.352 e. The van der Waals surface area contributed by atoms with Crippen molar-refractivity contribution in [3.63, 3.8) is 0 Å². The van der Waals surface area contributed by atoms with Crippen molar-refractivity contribution in [3.05, 3.63) is 71.0 Å². The molecule has 4 rings (SSSR count). The molecule has 2 amide bonds. The molecule has 1 heterocycles. The average Bonchev–Trinajstić information content (AvgIpc) is 3.24. The van der Waals surface area contributed by atoms with Gasteiger partial charge in [0, 0.05) is 17.4 Å². The van der Waals surface area contributed by atoms with E-state index in [-0.39, 0.29) is 29.1 Å². The lowest BCUT2D eigenvalue weighted by Crippen LogP contribution is -2.50. The van der Waals surface area contributed by atoms with Gasteiger partial charge in [0.25, 0.3) is 5.91 Å². The highest BCUT2D eigenvalue weighted by atomic mass is 32.2. The second-order valence-corrected chi connectivity index (χ2v) is 11.3. The smallest absolute Gasteiger partial charge is 0.255 e. The second kappa shape index (κ2) is 9.88. The van der Waals surface area contributed by atoms with E-state index in [1.165, 1.54) is 30.3 Å². The van der Waals surface area contributed by atoms with E-state index in [4.69, 9.17) is 0 Å². The van der Waals surface area contributed by atoms with Crippen LogP contribution in [0.5, 0.6) is 0 Å². The van der Waals surface area contributed by atoms with Gasteiger partial charge in [-0.3, -0.25) is 9.59 Å². The first-order chi connectivity index (χ1) is 15.7. The summed E-state index contributed by atoms with van der Waals surface area (Å²) in [6.07, 6.45) is 5.43. The summed E-state index contributed by atoms with van der Waals surface area (Å²) >= 11 is 1.52. The Morgan fingerprint density at radius 2 is 1.73 bits per heavy atom. The zero-order valence-corrected chi connectivity index (χ0v) is 20.5. The van der Waals surface area contributed by atoms with Crippen molar-refractivity contribution in [1.29, 1.82) is 0 Å². The van der Waals surface area contributed by atoms with Crippen LogP contribution in [0.4, 0.5) is 4.39 Å². The summed E-state index contributed by atoms with van der Waals surface area (Å²) in [5.74, 6) is -0.150. The summed E-state index contributed by atoms with van der Waals surface area (Å²) in [5.41, 5.74) is 2.37. The van der Waals surface area contributed by atoms with E-state index in [0.29, 0.717) is 16.9 Å². The summed E-state index contributed by atoms with van der Waals surface area (Å²) < 4.78 is 14.0. The minimum absolute atomic E-state index is 0.0163. The number of carbonyl (C=O) groups excluding carboxylic acids is 2. The van der Waals surface area contributed by atoms with Crippen LogP contribution in [0.25, 0.3) is 0 Å². The minimum atomic E-state index is -0.583. The molecule has 0 bridgehead atoms. The number of rotatable bonds is 4. The molecular formula is C27H33FN2O2S. The molecule has 2 aliphatic rings. The molecule has 1 aliphatic heterocycles. The van der Waals surface area contributed by atoms with Crippen LogP contribution >= 0.6 is 11.8 Å². The fraction of sp³-hybridized carbons (Fsp3) is 0.481. The van der Waals surface area contributed by atoms with Gasteiger partial charge in [-0.05, 0) is 53.6 Å². The lowest BCUT2D eigenvalue weighted by Gasteiger charge is -2.31. The summed E-state index contributed by atoms with van der Waals surface area (Å²) in [6, 6.07) is 13.6. The van der Waals surface area contributed by atoms with Gasteiger partial charge in [0.05, 0.1) is 0 Å². The van der Waals surface area contributed by atoms with Crippen LogP contribution in [-0.4, -0.2) is 34.6 Å². The third kappa shape index (κ3) is 5.43. The molecule has 1 saturated carbocycles. The molecule has 176 valence electrons. The SMILES string of the molecule is CC(C)(C)c1ccc(C(=O)N2C(C(=O)NC3CCCCC3)CSC2c2cccc(F)c2)cc1. The molecule has 0 spiro atoms. The molecule has 33 heavy (non-hydrogen) atoms. The molecule has 1 aliphatic carbocycles. The monoisotopic (exact) mass is 468 g/mol. The lowest BCUT2D eigenvalue weighted by molar-refractivity contribution is -0.125. The molecule has 2 aromatic carbocycles. The number of benzene rings is 2. The maximum Gasteiger partial charge on any atom is 0.255 e. The van der Waals surface area contributed by atoms with E-state index < -0.39 is 11.4 Å². The largest absolute Gasteiger partial charge is 0.352 e. The van der Waals surface area contributed by atoms with Crippen molar-refractivity contribution in [2.24, 2.45) is 0 Å². The maximum absolute atomic E-state index is 14.0. The number of nitrogens with one attached hydrogen (secondary N) is 1. The normalized spacial score (nSPS) is 21.8. The number of nitrogens with zero attached hydrogens (tertiary/aromatic N) is 1. The Morgan fingerprint density at radius 3 is 2.36 bits per heavy atom. The van der Waals surface area contributed by atoms with Crippen LogP contribution in [0.3, 0.4) is 0 Å². The summed E-state index contributed by atoms with van der Waals surface area (Å²) in [4.78, 5) is 28.7. The Balaban J connectivity index is 1.62. The van der Waals surface area contributed by atoms with E-state index >= 15 is 0 Å². The molecule has 1 saturated heterocycles. The average molecular weight is 469 g/mol. The van der Waals surface area contributed by atoms with Crippen LogP contribution in [0, 0.1) is 5.82 Å². The van der Waals surface area contributed by atoms with E-state index in [0.717, 1.165) is 31.2 Å². The molecule has 2 atom stereocenters. The van der Waals surface area contributed by atoms with Crippen LogP contribution < -0.4 is 5.32 Å². The highest BCUT2D eigenvalue weighted by Gasteiger charge is 2.43. The fourth-order valence-corrected chi connectivity index (χ4v) is 6.10. The van der Waals surface area contributed by atoms with E-state index in [1.807, 2.05) is 30.3 Å². The molecule has 2 aromatic rings. The first-order valence-corrected chi connectivity index (χ1v) is 12.9. The summed E-state index contributed by atoms with van der Waals surface area (Å²) in [6.45, 7) is 6.39. The zero-order chi connectivity index (χ0) is 23.6. The van der Waals surface area contributed by atoms with Gasteiger partial charge in [0.1, 0.15) is 17.2 Å². The second-order valence-electron chi connectivity index (χ2n) is 10.1. The highest BCUT2D eigenvalue weighted by molar-refractivity contribution is 7.99. The van der Waals surface area contributed by atoms with Gasteiger partial charge in [0.2, 0.25) is 5.91 Å². The number of halogens is 1. The van der Waals surface area contributed by atoms with Crippen LogP contribution in [-0.2, 0) is 10.2 Å². The topological polar surface area (TPSA) is 49.4 Å². The summed E-state index contributed by atoms with van der Waals surface area (Å²) in [7, 11) is 0. The van der Waals surface area contributed by atoms with Crippen molar-refractivity contribution in [3.8, 4) is 0 Å².